The zero-order chi connectivity index (χ0) is 12.4. The van der Waals surface area contributed by atoms with Crippen LogP contribution in [-0.2, 0) is 6.54 Å². The van der Waals surface area contributed by atoms with Crippen molar-refractivity contribution in [3.63, 3.8) is 0 Å². The molecule has 0 amide bonds. The van der Waals surface area contributed by atoms with Gasteiger partial charge in [-0.15, -0.1) is 0 Å². The fraction of sp³-hybridized carbons (Fsp3) is 0.600. The Hall–Kier alpha value is -1.22. The van der Waals surface area contributed by atoms with Crippen LogP contribution in [0, 0.1) is 5.92 Å². The maximum absolute atomic E-state index is 5.82. The van der Waals surface area contributed by atoms with Crippen molar-refractivity contribution < 1.29 is 9.47 Å². The first kappa shape index (κ1) is 11.8. The third kappa shape index (κ3) is 2.61. The highest BCUT2D eigenvalue weighted by Gasteiger charge is 2.27. The number of hydrogen-bond acceptors (Lipinski definition) is 3. The summed E-state index contributed by atoms with van der Waals surface area (Å²) < 4.78 is 11.5. The second kappa shape index (κ2) is 5.19. The number of benzene rings is 1. The number of fused-ring (bicyclic) bond motifs is 1. The Balaban J connectivity index is 1.70. The van der Waals surface area contributed by atoms with Crippen LogP contribution in [0.4, 0.5) is 0 Å². The van der Waals surface area contributed by atoms with E-state index in [2.05, 4.69) is 18.3 Å². The smallest absolute Gasteiger partial charge is 0.165 e. The molecule has 1 saturated carbocycles. The molecular weight excluding hydrogens is 226 g/mol. The minimum absolute atomic E-state index is 0.604. The minimum atomic E-state index is 0.604. The van der Waals surface area contributed by atoms with E-state index in [9.17, 15) is 0 Å². The average Bonchev–Trinajstić information content (AvgIpc) is 3.21. The summed E-state index contributed by atoms with van der Waals surface area (Å²) in [5.74, 6) is 2.71. The van der Waals surface area contributed by atoms with Crippen LogP contribution >= 0.6 is 0 Å². The summed E-state index contributed by atoms with van der Waals surface area (Å²) in [6, 6.07) is 6.77. The van der Waals surface area contributed by atoms with E-state index in [0.29, 0.717) is 6.04 Å². The largest absolute Gasteiger partial charge is 0.490 e. The fourth-order valence-corrected chi connectivity index (χ4v) is 2.43. The van der Waals surface area contributed by atoms with Gasteiger partial charge >= 0.3 is 0 Å². The van der Waals surface area contributed by atoms with E-state index in [-0.39, 0.29) is 0 Å². The Morgan fingerprint density at radius 2 is 2.11 bits per heavy atom. The van der Waals surface area contributed by atoms with Crippen LogP contribution in [0.25, 0.3) is 0 Å². The number of rotatable bonds is 4. The third-order valence-corrected chi connectivity index (χ3v) is 3.80. The van der Waals surface area contributed by atoms with Crippen LogP contribution in [-0.4, -0.2) is 19.3 Å². The van der Waals surface area contributed by atoms with E-state index >= 15 is 0 Å². The summed E-state index contributed by atoms with van der Waals surface area (Å²) >= 11 is 0. The van der Waals surface area contributed by atoms with Crippen molar-refractivity contribution in [1.29, 1.82) is 0 Å². The van der Waals surface area contributed by atoms with E-state index in [1.807, 2.05) is 12.1 Å². The van der Waals surface area contributed by atoms with Crippen LogP contribution in [0.3, 0.4) is 0 Å². The maximum Gasteiger partial charge on any atom is 0.165 e. The molecule has 1 aliphatic carbocycles. The topological polar surface area (TPSA) is 30.5 Å². The molecule has 0 aromatic heterocycles. The summed E-state index contributed by atoms with van der Waals surface area (Å²) in [7, 11) is 0. The third-order valence-electron chi connectivity index (χ3n) is 3.80. The molecule has 1 aromatic rings. The molecular formula is C15H21NO2. The van der Waals surface area contributed by atoms with E-state index < -0.39 is 0 Å². The molecule has 1 unspecified atom stereocenters. The molecule has 1 fully saturated rings. The number of para-hydroxylation sites is 1. The Bertz CT molecular complexity index is 415. The Labute approximate surface area is 108 Å². The highest BCUT2D eigenvalue weighted by Crippen LogP contribution is 2.35. The normalized spacial score (nSPS) is 20.3. The van der Waals surface area contributed by atoms with Crippen molar-refractivity contribution in [2.75, 3.05) is 13.2 Å². The standard InChI is InChI=1S/C15H21NO2/c1-11(12-6-7-12)16-10-13-4-2-5-14-15(13)18-9-3-8-17-14/h2,4-5,11-12,16H,3,6-10H2,1H3. The predicted molar refractivity (Wildman–Crippen MR) is 71.1 cm³/mol. The second-order valence-corrected chi connectivity index (χ2v) is 5.30. The van der Waals surface area contributed by atoms with Crippen LogP contribution in [0.5, 0.6) is 11.5 Å². The highest BCUT2D eigenvalue weighted by atomic mass is 16.5. The summed E-state index contributed by atoms with van der Waals surface area (Å²) in [4.78, 5) is 0. The van der Waals surface area contributed by atoms with Gasteiger partial charge in [0.25, 0.3) is 0 Å². The van der Waals surface area contributed by atoms with Gasteiger partial charge in [0.15, 0.2) is 11.5 Å². The lowest BCUT2D eigenvalue weighted by molar-refractivity contribution is 0.295. The van der Waals surface area contributed by atoms with Crippen molar-refractivity contribution >= 4 is 0 Å². The van der Waals surface area contributed by atoms with Crippen molar-refractivity contribution in [2.45, 2.75) is 38.8 Å². The molecule has 1 atom stereocenters. The van der Waals surface area contributed by atoms with E-state index in [1.54, 1.807) is 0 Å². The monoisotopic (exact) mass is 247 g/mol. The summed E-state index contributed by atoms with van der Waals surface area (Å²) in [6.07, 6.45) is 3.71. The van der Waals surface area contributed by atoms with E-state index in [0.717, 1.165) is 43.6 Å². The molecule has 3 heteroatoms. The van der Waals surface area contributed by atoms with Gasteiger partial charge < -0.3 is 14.8 Å². The van der Waals surface area contributed by atoms with Gasteiger partial charge in [-0.25, -0.2) is 0 Å². The van der Waals surface area contributed by atoms with Gasteiger partial charge in [0.1, 0.15) is 0 Å². The molecule has 0 bridgehead atoms. The van der Waals surface area contributed by atoms with Crippen LogP contribution in [0.1, 0.15) is 31.7 Å². The fourth-order valence-electron chi connectivity index (χ4n) is 2.43. The van der Waals surface area contributed by atoms with Crippen molar-refractivity contribution in [3.05, 3.63) is 23.8 Å². The lowest BCUT2D eigenvalue weighted by Gasteiger charge is -2.16. The quantitative estimate of drug-likeness (QED) is 0.887. The Morgan fingerprint density at radius 3 is 2.94 bits per heavy atom. The van der Waals surface area contributed by atoms with Crippen molar-refractivity contribution in [1.82, 2.24) is 5.32 Å². The molecule has 2 aliphatic rings. The summed E-state index contributed by atoms with van der Waals surface area (Å²) in [5.41, 5.74) is 1.21. The molecule has 3 rings (SSSR count). The van der Waals surface area contributed by atoms with Gasteiger partial charge in [-0.3, -0.25) is 0 Å². The Morgan fingerprint density at radius 1 is 1.28 bits per heavy atom. The molecule has 1 N–H and O–H groups in total. The second-order valence-electron chi connectivity index (χ2n) is 5.30. The lowest BCUT2D eigenvalue weighted by atomic mass is 10.1. The minimum Gasteiger partial charge on any atom is -0.490 e. The van der Waals surface area contributed by atoms with E-state index in [1.165, 1.54) is 18.4 Å². The number of hydrogen-bond donors (Lipinski definition) is 1. The highest BCUT2D eigenvalue weighted by molar-refractivity contribution is 5.47. The first-order chi connectivity index (χ1) is 8.84. The molecule has 1 aliphatic heterocycles. The van der Waals surface area contributed by atoms with Crippen molar-refractivity contribution in [2.24, 2.45) is 5.92 Å². The number of ether oxygens (including phenoxy) is 2. The molecule has 0 saturated heterocycles. The van der Waals surface area contributed by atoms with Crippen LogP contribution < -0.4 is 14.8 Å². The predicted octanol–water partition coefficient (Wildman–Crippen LogP) is 2.74. The Kier molecular flexibility index (Phi) is 3.41. The maximum atomic E-state index is 5.82. The zero-order valence-corrected chi connectivity index (χ0v) is 10.9. The average molecular weight is 247 g/mol. The molecule has 1 heterocycles. The summed E-state index contributed by atoms with van der Waals surface area (Å²) in [5, 5.41) is 3.60. The molecule has 3 nitrogen and oxygen atoms in total. The lowest BCUT2D eigenvalue weighted by Crippen LogP contribution is -2.27. The van der Waals surface area contributed by atoms with Gasteiger partial charge in [-0.05, 0) is 31.7 Å². The van der Waals surface area contributed by atoms with Gasteiger partial charge in [-0.2, -0.15) is 0 Å². The first-order valence-electron chi connectivity index (χ1n) is 6.95. The van der Waals surface area contributed by atoms with Gasteiger partial charge in [0, 0.05) is 24.6 Å². The molecule has 0 radical (unpaired) electrons. The number of nitrogens with one attached hydrogen (secondary N) is 1. The zero-order valence-electron chi connectivity index (χ0n) is 10.9. The van der Waals surface area contributed by atoms with Gasteiger partial charge in [-0.1, -0.05) is 12.1 Å². The molecule has 0 spiro atoms. The van der Waals surface area contributed by atoms with Crippen LogP contribution in [0.15, 0.2) is 18.2 Å². The molecule has 98 valence electrons. The molecule has 18 heavy (non-hydrogen) atoms. The van der Waals surface area contributed by atoms with Gasteiger partial charge in [0.2, 0.25) is 0 Å². The van der Waals surface area contributed by atoms with Gasteiger partial charge in [0.05, 0.1) is 13.2 Å². The first-order valence-corrected chi connectivity index (χ1v) is 6.95. The SMILES string of the molecule is CC(NCc1cccc2c1OCCCO2)C1CC1. The van der Waals surface area contributed by atoms with Crippen LogP contribution in [0.2, 0.25) is 0 Å². The summed E-state index contributed by atoms with van der Waals surface area (Å²) in [6.45, 7) is 4.64. The van der Waals surface area contributed by atoms with E-state index in [4.69, 9.17) is 9.47 Å². The molecule has 1 aromatic carbocycles. The van der Waals surface area contributed by atoms with Crippen molar-refractivity contribution in [3.8, 4) is 11.5 Å².